The largest absolute Gasteiger partial charge is 0.311 e. The molecule has 6 nitrogen and oxygen atoms in total. The fourth-order valence-corrected chi connectivity index (χ4v) is 5.17. The van der Waals surface area contributed by atoms with Gasteiger partial charge in [0.15, 0.2) is 4.34 Å². The standard InChI is InChI=1S/C17H13N3O3S2/c21-16-15(25-17-18-13-6-1-2-7-14(13)24-17)8-9-19(16)11-4-3-5-12(10-11)20(22)23/h1-7,10,15H,8-9H2. The van der Waals surface area contributed by atoms with E-state index in [1.807, 2.05) is 24.3 Å². The molecule has 0 spiro atoms. The molecule has 1 fully saturated rings. The normalized spacial score (nSPS) is 17.4. The van der Waals surface area contributed by atoms with Gasteiger partial charge in [0.2, 0.25) is 5.91 Å². The van der Waals surface area contributed by atoms with Gasteiger partial charge in [0, 0.05) is 18.7 Å². The first-order chi connectivity index (χ1) is 12.1. The monoisotopic (exact) mass is 371 g/mol. The molecule has 1 saturated heterocycles. The first kappa shape index (κ1) is 16.0. The highest BCUT2D eigenvalue weighted by atomic mass is 32.2. The molecule has 1 amide bonds. The average molecular weight is 371 g/mol. The third-order valence-corrected chi connectivity index (χ3v) is 6.41. The van der Waals surface area contributed by atoms with Crippen molar-refractivity contribution in [3.63, 3.8) is 0 Å². The quantitative estimate of drug-likeness (QED) is 0.510. The van der Waals surface area contributed by atoms with Crippen LogP contribution in [-0.2, 0) is 4.79 Å². The molecule has 0 aliphatic carbocycles. The van der Waals surface area contributed by atoms with Crippen LogP contribution >= 0.6 is 23.1 Å². The predicted octanol–water partition coefficient (Wildman–Crippen LogP) is 4.10. The van der Waals surface area contributed by atoms with Crippen LogP contribution in [0.15, 0.2) is 52.9 Å². The van der Waals surface area contributed by atoms with Gasteiger partial charge in [0.05, 0.1) is 26.1 Å². The van der Waals surface area contributed by atoms with Crippen LogP contribution < -0.4 is 4.90 Å². The number of non-ortho nitro benzene ring substituents is 1. The number of thiazole rings is 1. The summed E-state index contributed by atoms with van der Waals surface area (Å²) >= 11 is 3.06. The highest BCUT2D eigenvalue weighted by Crippen LogP contribution is 2.37. The van der Waals surface area contributed by atoms with Crippen molar-refractivity contribution >= 4 is 50.6 Å². The molecule has 1 unspecified atom stereocenters. The lowest BCUT2D eigenvalue weighted by molar-refractivity contribution is -0.384. The summed E-state index contributed by atoms with van der Waals surface area (Å²) in [4.78, 5) is 29.4. The summed E-state index contributed by atoms with van der Waals surface area (Å²) < 4.78 is 1.98. The van der Waals surface area contributed by atoms with Crippen molar-refractivity contribution < 1.29 is 9.72 Å². The number of amides is 1. The number of nitrogens with zero attached hydrogens (tertiary/aromatic N) is 3. The molecule has 1 aliphatic heterocycles. The van der Waals surface area contributed by atoms with Crippen molar-refractivity contribution in [3.8, 4) is 0 Å². The lowest BCUT2D eigenvalue weighted by Crippen LogP contribution is -2.27. The van der Waals surface area contributed by atoms with Crippen LogP contribution in [0, 0.1) is 10.1 Å². The Morgan fingerprint density at radius 2 is 2.08 bits per heavy atom. The van der Waals surface area contributed by atoms with Crippen LogP contribution in [0.3, 0.4) is 0 Å². The second-order valence-electron chi connectivity index (χ2n) is 5.61. The maximum Gasteiger partial charge on any atom is 0.271 e. The van der Waals surface area contributed by atoms with Crippen molar-refractivity contribution in [3.05, 3.63) is 58.6 Å². The number of rotatable bonds is 4. The molecule has 0 bridgehead atoms. The molecule has 1 atom stereocenters. The number of benzene rings is 2. The Morgan fingerprint density at radius 1 is 1.24 bits per heavy atom. The summed E-state index contributed by atoms with van der Waals surface area (Å²) in [5, 5.41) is 10.7. The summed E-state index contributed by atoms with van der Waals surface area (Å²) in [6, 6.07) is 14.1. The molecule has 0 N–H and O–H groups in total. The van der Waals surface area contributed by atoms with Crippen LogP contribution in [0.2, 0.25) is 0 Å². The molecule has 25 heavy (non-hydrogen) atoms. The molecule has 3 aromatic rings. The van der Waals surface area contributed by atoms with Gasteiger partial charge in [-0.15, -0.1) is 11.3 Å². The minimum absolute atomic E-state index is 0.00687. The SMILES string of the molecule is O=C1C(Sc2nc3ccccc3s2)CCN1c1cccc([N+](=O)[O-])c1. The molecule has 1 aliphatic rings. The molecule has 4 rings (SSSR count). The number of aromatic nitrogens is 1. The first-order valence-corrected chi connectivity index (χ1v) is 9.39. The lowest BCUT2D eigenvalue weighted by atomic mass is 10.2. The summed E-state index contributed by atoms with van der Waals surface area (Å²) in [6.07, 6.45) is 0.697. The molecule has 2 aromatic carbocycles. The molecule has 126 valence electrons. The Labute approximate surface area is 151 Å². The van der Waals surface area contributed by atoms with Crippen LogP contribution in [0.1, 0.15) is 6.42 Å². The molecule has 1 aromatic heterocycles. The first-order valence-electron chi connectivity index (χ1n) is 7.70. The number of nitro groups is 1. The van der Waals surface area contributed by atoms with Gasteiger partial charge in [-0.25, -0.2) is 4.98 Å². The number of para-hydroxylation sites is 1. The number of carbonyl (C=O) groups excluding carboxylic acids is 1. The number of fused-ring (bicyclic) bond motifs is 1. The number of nitro benzene ring substituents is 1. The fourth-order valence-electron chi connectivity index (χ4n) is 2.82. The van der Waals surface area contributed by atoms with E-state index in [1.54, 1.807) is 28.4 Å². The van der Waals surface area contributed by atoms with Gasteiger partial charge in [-0.05, 0) is 24.6 Å². The summed E-state index contributed by atoms with van der Waals surface area (Å²) in [5.41, 5.74) is 1.51. The van der Waals surface area contributed by atoms with E-state index in [1.165, 1.54) is 23.9 Å². The van der Waals surface area contributed by atoms with Crippen LogP contribution in [-0.4, -0.2) is 27.6 Å². The topological polar surface area (TPSA) is 76.3 Å². The van der Waals surface area contributed by atoms with Crippen molar-refractivity contribution in [2.45, 2.75) is 16.0 Å². The highest BCUT2D eigenvalue weighted by molar-refractivity contribution is 8.02. The number of thioether (sulfide) groups is 1. The third kappa shape index (κ3) is 3.10. The van der Waals surface area contributed by atoms with E-state index < -0.39 is 4.92 Å². The highest BCUT2D eigenvalue weighted by Gasteiger charge is 2.34. The van der Waals surface area contributed by atoms with E-state index in [-0.39, 0.29) is 16.8 Å². The molecule has 0 radical (unpaired) electrons. The Bertz CT molecular complexity index is 939. The van der Waals surface area contributed by atoms with Crippen LogP contribution in [0.4, 0.5) is 11.4 Å². The molecule has 8 heteroatoms. The molecule has 2 heterocycles. The molecular formula is C17H13N3O3S2. The van der Waals surface area contributed by atoms with Gasteiger partial charge in [0.25, 0.3) is 5.69 Å². The van der Waals surface area contributed by atoms with Gasteiger partial charge in [-0.3, -0.25) is 14.9 Å². The van der Waals surface area contributed by atoms with Crippen molar-refractivity contribution in [2.75, 3.05) is 11.4 Å². The van der Waals surface area contributed by atoms with E-state index in [0.717, 1.165) is 14.6 Å². The Balaban J connectivity index is 1.53. The van der Waals surface area contributed by atoms with Gasteiger partial charge in [-0.2, -0.15) is 0 Å². The van der Waals surface area contributed by atoms with E-state index >= 15 is 0 Å². The van der Waals surface area contributed by atoms with Crippen molar-refractivity contribution in [1.82, 2.24) is 4.98 Å². The zero-order chi connectivity index (χ0) is 17.4. The van der Waals surface area contributed by atoms with E-state index in [0.29, 0.717) is 18.7 Å². The number of anilines is 1. The third-order valence-electron chi connectivity index (χ3n) is 4.03. The maximum atomic E-state index is 12.7. The summed E-state index contributed by atoms with van der Waals surface area (Å²) in [6.45, 7) is 0.558. The zero-order valence-electron chi connectivity index (χ0n) is 13.0. The molecular weight excluding hydrogens is 358 g/mol. The number of hydrogen-bond acceptors (Lipinski definition) is 6. The maximum absolute atomic E-state index is 12.7. The number of hydrogen-bond donors (Lipinski definition) is 0. The summed E-state index contributed by atoms with van der Waals surface area (Å²) in [5.74, 6) is -0.0234. The second-order valence-corrected chi connectivity index (χ2v) is 8.09. The number of carbonyl (C=O) groups is 1. The van der Waals surface area contributed by atoms with E-state index in [4.69, 9.17) is 0 Å². The Morgan fingerprint density at radius 3 is 2.88 bits per heavy atom. The van der Waals surface area contributed by atoms with Gasteiger partial charge in [-0.1, -0.05) is 30.0 Å². The van der Waals surface area contributed by atoms with Gasteiger partial charge < -0.3 is 4.90 Å². The fraction of sp³-hybridized carbons (Fsp3) is 0.176. The van der Waals surface area contributed by atoms with Crippen LogP contribution in [0.25, 0.3) is 10.2 Å². The van der Waals surface area contributed by atoms with E-state index in [2.05, 4.69) is 4.98 Å². The summed E-state index contributed by atoms with van der Waals surface area (Å²) in [7, 11) is 0. The van der Waals surface area contributed by atoms with Gasteiger partial charge >= 0.3 is 0 Å². The van der Waals surface area contributed by atoms with Gasteiger partial charge in [0.1, 0.15) is 0 Å². The predicted molar refractivity (Wildman–Crippen MR) is 99.3 cm³/mol. The van der Waals surface area contributed by atoms with Crippen molar-refractivity contribution in [1.29, 1.82) is 0 Å². The zero-order valence-corrected chi connectivity index (χ0v) is 14.6. The van der Waals surface area contributed by atoms with E-state index in [9.17, 15) is 14.9 Å². The second kappa shape index (κ2) is 6.45. The molecule has 0 saturated carbocycles. The Hall–Kier alpha value is -2.45. The smallest absolute Gasteiger partial charge is 0.271 e. The van der Waals surface area contributed by atoms with Crippen LogP contribution in [0.5, 0.6) is 0 Å². The van der Waals surface area contributed by atoms with Crippen molar-refractivity contribution in [2.24, 2.45) is 0 Å². The Kier molecular flexibility index (Phi) is 4.14. The minimum Gasteiger partial charge on any atom is -0.311 e. The average Bonchev–Trinajstić information content (AvgIpc) is 3.19. The minimum atomic E-state index is -0.447. The lowest BCUT2D eigenvalue weighted by Gasteiger charge is -2.16.